The van der Waals surface area contributed by atoms with Crippen LogP contribution in [0.25, 0.3) is 0 Å². The number of aryl methyl sites for hydroxylation is 1. The monoisotopic (exact) mass is 421 g/mol. The van der Waals surface area contributed by atoms with Crippen LogP contribution in [0.15, 0.2) is 16.7 Å². The minimum absolute atomic E-state index is 0.00382. The van der Waals surface area contributed by atoms with Gasteiger partial charge in [0.2, 0.25) is 0 Å². The van der Waals surface area contributed by atoms with Crippen LogP contribution in [0.4, 0.5) is 8.78 Å². The molecule has 8 nitrogen and oxygen atoms in total. The number of esters is 1. The predicted molar refractivity (Wildman–Crippen MR) is 99.6 cm³/mol. The van der Waals surface area contributed by atoms with Crippen molar-refractivity contribution in [3.05, 3.63) is 51.9 Å². The number of aromatic nitrogens is 1. The Labute approximate surface area is 171 Å². The number of ether oxygens (including phenoxy) is 1. The largest absolute Gasteiger partial charge is 0.466 e. The maximum absolute atomic E-state index is 14.4. The van der Waals surface area contributed by atoms with Crippen molar-refractivity contribution in [3.63, 3.8) is 0 Å². The molecule has 1 aromatic heterocycles. The summed E-state index contributed by atoms with van der Waals surface area (Å²) < 4.78 is 38.4. The maximum atomic E-state index is 14.4. The summed E-state index contributed by atoms with van der Waals surface area (Å²) in [6, 6.07) is 2.30. The van der Waals surface area contributed by atoms with Crippen molar-refractivity contribution < 1.29 is 32.4 Å². The molecule has 0 spiro atoms. The summed E-state index contributed by atoms with van der Waals surface area (Å²) in [5.74, 6) is -3.26. The van der Waals surface area contributed by atoms with E-state index in [4.69, 9.17) is 9.26 Å². The van der Waals surface area contributed by atoms with E-state index in [2.05, 4.69) is 10.5 Å². The molecule has 2 heterocycles. The Hall–Kier alpha value is -3.30. The van der Waals surface area contributed by atoms with Crippen LogP contribution in [0, 0.1) is 18.6 Å². The second kappa shape index (κ2) is 9.02. The fourth-order valence-electron chi connectivity index (χ4n) is 3.17. The van der Waals surface area contributed by atoms with E-state index < -0.39 is 35.0 Å². The minimum atomic E-state index is -0.948. The smallest absolute Gasteiger partial charge is 0.307 e. The first-order chi connectivity index (χ1) is 14.3. The summed E-state index contributed by atoms with van der Waals surface area (Å²) in [5, 5.41) is 6.30. The van der Waals surface area contributed by atoms with Crippen LogP contribution >= 0.6 is 0 Å². The molecule has 0 aliphatic carbocycles. The first-order valence-electron chi connectivity index (χ1n) is 9.48. The van der Waals surface area contributed by atoms with Gasteiger partial charge in [-0.3, -0.25) is 14.4 Å². The molecule has 0 saturated carbocycles. The molecule has 1 aromatic carbocycles. The van der Waals surface area contributed by atoms with Crippen molar-refractivity contribution in [2.45, 2.75) is 33.2 Å². The average molecular weight is 421 g/mol. The molecule has 0 fully saturated rings. The second-order valence-corrected chi connectivity index (χ2v) is 6.77. The Morgan fingerprint density at radius 3 is 2.80 bits per heavy atom. The number of nitrogens with zero attached hydrogens (tertiary/aromatic N) is 2. The molecule has 2 aromatic rings. The zero-order chi connectivity index (χ0) is 21.8. The van der Waals surface area contributed by atoms with Crippen LogP contribution in [0.1, 0.15) is 51.1 Å². The van der Waals surface area contributed by atoms with E-state index in [9.17, 15) is 23.2 Å². The van der Waals surface area contributed by atoms with Gasteiger partial charge in [-0.1, -0.05) is 11.2 Å². The van der Waals surface area contributed by atoms with Gasteiger partial charge in [0.1, 0.15) is 23.0 Å². The normalized spacial score (nSPS) is 13.0. The zero-order valence-corrected chi connectivity index (χ0v) is 16.6. The van der Waals surface area contributed by atoms with Crippen LogP contribution < -0.4 is 5.32 Å². The second-order valence-electron chi connectivity index (χ2n) is 6.77. The molecule has 0 atom stereocenters. The lowest BCUT2D eigenvalue weighted by Crippen LogP contribution is -2.37. The highest BCUT2D eigenvalue weighted by atomic mass is 19.1. The lowest BCUT2D eigenvalue weighted by atomic mass is 10.0. The molecule has 0 saturated heterocycles. The fraction of sp³-hybridized carbons (Fsp3) is 0.400. The van der Waals surface area contributed by atoms with Gasteiger partial charge in [0.25, 0.3) is 11.8 Å². The summed E-state index contributed by atoms with van der Waals surface area (Å²) in [4.78, 5) is 37.8. The summed E-state index contributed by atoms with van der Waals surface area (Å²) in [7, 11) is 0. The third-order valence-electron chi connectivity index (χ3n) is 4.75. The highest BCUT2D eigenvalue weighted by Gasteiger charge is 2.32. The molecule has 2 amide bonds. The van der Waals surface area contributed by atoms with Gasteiger partial charge in [0.05, 0.1) is 19.6 Å². The Morgan fingerprint density at radius 1 is 1.30 bits per heavy atom. The number of carbonyl (C=O) groups is 3. The number of fused-ring (bicyclic) bond motifs is 1. The molecule has 0 radical (unpaired) electrons. The third-order valence-corrected chi connectivity index (χ3v) is 4.75. The topological polar surface area (TPSA) is 102 Å². The lowest BCUT2D eigenvalue weighted by molar-refractivity contribution is -0.142. The van der Waals surface area contributed by atoms with Gasteiger partial charge < -0.3 is 19.5 Å². The SMILES string of the molecule is CCOC(=O)CCNC(=O)c1noc2c1CN(C(=O)c1c(F)ccc(C)c1F)CC2. The Balaban J connectivity index is 1.73. The minimum Gasteiger partial charge on any atom is -0.466 e. The van der Waals surface area contributed by atoms with Crippen LogP contribution in [0.2, 0.25) is 0 Å². The van der Waals surface area contributed by atoms with Crippen molar-refractivity contribution in [1.82, 2.24) is 15.4 Å². The van der Waals surface area contributed by atoms with E-state index in [0.29, 0.717) is 11.3 Å². The van der Waals surface area contributed by atoms with Gasteiger partial charge in [0.15, 0.2) is 5.69 Å². The number of benzene rings is 1. The highest BCUT2D eigenvalue weighted by Crippen LogP contribution is 2.26. The van der Waals surface area contributed by atoms with Gasteiger partial charge in [-0.05, 0) is 25.5 Å². The molecule has 3 rings (SSSR count). The Morgan fingerprint density at radius 2 is 2.07 bits per heavy atom. The summed E-state index contributed by atoms with van der Waals surface area (Å²) in [5.41, 5.74) is -0.132. The number of hydrogen-bond acceptors (Lipinski definition) is 6. The predicted octanol–water partition coefficient (Wildman–Crippen LogP) is 2.14. The van der Waals surface area contributed by atoms with Crippen LogP contribution in [-0.2, 0) is 22.5 Å². The van der Waals surface area contributed by atoms with E-state index in [0.717, 1.165) is 6.07 Å². The third kappa shape index (κ3) is 4.32. The van der Waals surface area contributed by atoms with Crippen molar-refractivity contribution >= 4 is 17.8 Å². The van der Waals surface area contributed by atoms with Crippen molar-refractivity contribution in [1.29, 1.82) is 0 Å². The van der Waals surface area contributed by atoms with E-state index in [1.54, 1.807) is 6.92 Å². The Kier molecular flexibility index (Phi) is 6.43. The number of hydrogen-bond donors (Lipinski definition) is 1. The molecular weight excluding hydrogens is 400 g/mol. The van der Waals surface area contributed by atoms with Gasteiger partial charge in [-0.15, -0.1) is 0 Å². The number of carbonyl (C=O) groups excluding carboxylic acids is 3. The number of nitrogens with one attached hydrogen (secondary N) is 1. The molecule has 1 aliphatic heterocycles. The fourth-order valence-corrected chi connectivity index (χ4v) is 3.17. The zero-order valence-electron chi connectivity index (χ0n) is 16.6. The maximum Gasteiger partial charge on any atom is 0.307 e. The molecule has 160 valence electrons. The summed E-state index contributed by atoms with van der Waals surface area (Å²) in [6.07, 6.45) is 0.245. The molecule has 0 unspecified atom stereocenters. The molecule has 10 heteroatoms. The summed E-state index contributed by atoms with van der Waals surface area (Å²) >= 11 is 0. The van der Waals surface area contributed by atoms with Crippen LogP contribution in [0.5, 0.6) is 0 Å². The first kappa shape index (κ1) is 21.4. The van der Waals surface area contributed by atoms with Crippen LogP contribution in [-0.4, -0.2) is 47.5 Å². The lowest BCUT2D eigenvalue weighted by Gasteiger charge is -2.26. The van der Waals surface area contributed by atoms with Gasteiger partial charge in [0, 0.05) is 25.1 Å². The van der Waals surface area contributed by atoms with Crippen molar-refractivity contribution in [2.24, 2.45) is 0 Å². The molecular formula is C20H21F2N3O5. The van der Waals surface area contributed by atoms with Crippen molar-refractivity contribution in [3.8, 4) is 0 Å². The molecule has 30 heavy (non-hydrogen) atoms. The highest BCUT2D eigenvalue weighted by molar-refractivity contribution is 5.96. The molecule has 1 aliphatic rings. The van der Waals surface area contributed by atoms with Gasteiger partial charge >= 0.3 is 5.97 Å². The quantitative estimate of drug-likeness (QED) is 0.717. The first-order valence-corrected chi connectivity index (χ1v) is 9.48. The standard InChI is InChI=1S/C20H21F2N3O5/c1-3-29-15(26)6-8-23-19(27)18-12-10-25(9-7-14(12)30-24-18)20(28)16-13(21)5-4-11(2)17(16)22/h4-5H,3,6-10H2,1-2H3,(H,23,27). The van der Waals surface area contributed by atoms with E-state index in [-0.39, 0.29) is 50.3 Å². The number of halogens is 2. The van der Waals surface area contributed by atoms with Crippen molar-refractivity contribution in [2.75, 3.05) is 19.7 Å². The van der Waals surface area contributed by atoms with E-state index >= 15 is 0 Å². The van der Waals surface area contributed by atoms with E-state index in [1.807, 2.05) is 0 Å². The van der Waals surface area contributed by atoms with Gasteiger partial charge in [-0.25, -0.2) is 8.78 Å². The van der Waals surface area contributed by atoms with E-state index in [1.165, 1.54) is 17.9 Å². The average Bonchev–Trinajstić information content (AvgIpc) is 3.14. The Bertz CT molecular complexity index is 989. The van der Waals surface area contributed by atoms with Crippen LogP contribution in [0.3, 0.4) is 0 Å². The molecule has 1 N–H and O–H groups in total. The molecule has 0 bridgehead atoms. The number of amides is 2. The summed E-state index contributed by atoms with van der Waals surface area (Å²) in [6.45, 7) is 3.50. The number of rotatable bonds is 6. The van der Waals surface area contributed by atoms with Gasteiger partial charge in [-0.2, -0.15) is 0 Å².